The fourth-order valence-electron chi connectivity index (χ4n) is 0.861. The van der Waals surface area contributed by atoms with Crippen LogP contribution in [0.15, 0.2) is 12.4 Å². The summed E-state index contributed by atoms with van der Waals surface area (Å²) in [7, 11) is 1.53. The second kappa shape index (κ2) is 4.66. The van der Waals surface area contributed by atoms with E-state index < -0.39 is 0 Å². The van der Waals surface area contributed by atoms with Gasteiger partial charge in [-0.2, -0.15) is 0 Å². The van der Waals surface area contributed by atoms with Gasteiger partial charge >= 0.3 is 6.01 Å². The lowest BCUT2D eigenvalue weighted by Crippen LogP contribution is -1.95. The van der Waals surface area contributed by atoms with Crippen LogP contribution >= 0.6 is 0 Å². The second-order valence-corrected chi connectivity index (χ2v) is 2.41. The molecule has 0 spiro atoms. The first kappa shape index (κ1) is 8.93. The smallest absolute Gasteiger partial charge is 0.316 e. The van der Waals surface area contributed by atoms with Crippen LogP contribution in [0.4, 0.5) is 0 Å². The summed E-state index contributed by atoms with van der Waals surface area (Å²) in [5, 5.41) is 8.56. The lowest BCUT2D eigenvalue weighted by Gasteiger charge is -1.99. The van der Waals surface area contributed by atoms with E-state index in [2.05, 4.69) is 9.97 Å². The van der Waals surface area contributed by atoms with Gasteiger partial charge in [0.25, 0.3) is 0 Å². The van der Waals surface area contributed by atoms with Crippen molar-refractivity contribution in [3.63, 3.8) is 0 Å². The molecule has 66 valence electrons. The third-order valence-corrected chi connectivity index (χ3v) is 1.49. The van der Waals surface area contributed by atoms with Crippen LogP contribution in [0.5, 0.6) is 6.01 Å². The fraction of sp³-hybridized carbons (Fsp3) is 0.500. The van der Waals surface area contributed by atoms with Gasteiger partial charge in [0.15, 0.2) is 0 Å². The Morgan fingerprint density at radius 1 is 1.42 bits per heavy atom. The van der Waals surface area contributed by atoms with Crippen LogP contribution in [0.1, 0.15) is 12.0 Å². The molecule has 0 atom stereocenters. The highest BCUT2D eigenvalue weighted by Gasteiger charge is 1.95. The van der Waals surface area contributed by atoms with E-state index >= 15 is 0 Å². The van der Waals surface area contributed by atoms with Crippen molar-refractivity contribution in [2.45, 2.75) is 12.8 Å². The van der Waals surface area contributed by atoms with Crippen molar-refractivity contribution < 1.29 is 9.84 Å². The van der Waals surface area contributed by atoms with Crippen LogP contribution in [0.3, 0.4) is 0 Å². The molecule has 0 fully saturated rings. The molecular formula is C8H12N2O2. The predicted molar refractivity (Wildman–Crippen MR) is 44.0 cm³/mol. The number of aliphatic hydroxyl groups excluding tert-OH is 1. The third kappa shape index (κ3) is 2.47. The number of rotatable bonds is 4. The van der Waals surface area contributed by atoms with Gasteiger partial charge in [0.2, 0.25) is 0 Å². The predicted octanol–water partition coefficient (Wildman–Crippen LogP) is 0.410. The Kier molecular flexibility index (Phi) is 3.47. The highest BCUT2D eigenvalue weighted by molar-refractivity contribution is 5.07. The zero-order valence-corrected chi connectivity index (χ0v) is 7.03. The molecule has 0 bridgehead atoms. The van der Waals surface area contributed by atoms with Crippen LogP contribution in [-0.2, 0) is 6.42 Å². The van der Waals surface area contributed by atoms with Crippen molar-refractivity contribution in [3.05, 3.63) is 18.0 Å². The molecule has 1 N–H and O–H groups in total. The molecule has 0 saturated carbocycles. The third-order valence-electron chi connectivity index (χ3n) is 1.49. The molecule has 0 radical (unpaired) electrons. The highest BCUT2D eigenvalue weighted by atomic mass is 16.5. The lowest BCUT2D eigenvalue weighted by atomic mass is 10.2. The first-order chi connectivity index (χ1) is 5.86. The number of methoxy groups -OCH3 is 1. The maximum atomic E-state index is 8.56. The van der Waals surface area contributed by atoms with Gasteiger partial charge < -0.3 is 9.84 Å². The largest absolute Gasteiger partial charge is 0.467 e. The summed E-state index contributed by atoms with van der Waals surface area (Å²) >= 11 is 0. The van der Waals surface area contributed by atoms with Gasteiger partial charge in [-0.15, -0.1) is 0 Å². The molecule has 0 aliphatic rings. The zero-order valence-electron chi connectivity index (χ0n) is 7.03. The molecule has 0 amide bonds. The summed E-state index contributed by atoms with van der Waals surface area (Å²) < 4.78 is 4.80. The number of nitrogens with zero attached hydrogens (tertiary/aromatic N) is 2. The van der Waals surface area contributed by atoms with E-state index in [0.29, 0.717) is 6.01 Å². The van der Waals surface area contributed by atoms with Crippen LogP contribution in [-0.4, -0.2) is 28.8 Å². The summed E-state index contributed by atoms with van der Waals surface area (Å²) in [6.45, 7) is 0.200. The Hall–Kier alpha value is -1.16. The number of hydrogen-bond donors (Lipinski definition) is 1. The van der Waals surface area contributed by atoms with E-state index in [1.807, 2.05) is 0 Å². The molecule has 0 aliphatic heterocycles. The molecule has 1 heterocycles. The summed E-state index contributed by atoms with van der Waals surface area (Å²) in [4.78, 5) is 7.87. The fourth-order valence-corrected chi connectivity index (χ4v) is 0.861. The normalized spacial score (nSPS) is 9.83. The van der Waals surface area contributed by atoms with Crippen LogP contribution in [0.2, 0.25) is 0 Å². The standard InChI is InChI=1S/C8H12N2O2/c1-12-8-9-5-7(6-10-8)3-2-4-11/h5-6,11H,2-4H2,1H3. The first-order valence-corrected chi connectivity index (χ1v) is 3.82. The van der Waals surface area contributed by atoms with Crippen molar-refractivity contribution in [2.75, 3.05) is 13.7 Å². The van der Waals surface area contributed by atoms with Gasteiger partial charge in [-0.05, 0) is 18.4 Å². The number of aryl methyl sites for hydroxylation is 1. The minimum atomic E-state index is 0.200. The average Bonchev–Trinajstić information content (AvgIpc) is 2.15. The van der Waals surface area contributed by atoms with Crippen molar-refractivity contribution in [2.24, 2.45) is 0 Å². The molecule has 4 heteroatoms. The van der Waals surface area contributed by atoms with Gasteiger partial charge in [0.05, 0.1) is 7.11 Å². The Balaban J connectivity index is 2.53. The van der Waals surface area contributed by atoms with E-state index in [1.54, 1.807) is 12.4 Å². The van der Waals surface area contributed by atoms with Gasteiger partial charge in [0, 0.05) is 19.0 Å². The maximum absolute atomic E-state index is 8.56. The molecule has 12 heavy (non-hydrogen) atoms. The summed E-state index contributed by atoms with van der Waals surface area (Å²) in [5.74, 6) is 0. The maximum Gasteiger partial charge on any atom is 0.316 e. The molecule has 0 aliphatic carbocycles. The van der Waals surface area contributed by atoms with E-state index in [4.69, 9.17) is 9.84 Å². The summed E-state index contributed by atoms with van der Waals surface area (Å²) in [5.41, 5.74) is 1.02. The highest BCUT2D eigenvalue weighted by Crippen LogP contribution is 2.03. The molecule has 0 aromatic carbocycles. The Morgan fingerprint density at radius 3 is 2.58 bits per heavy atom. The lowest BCUT2D eigenvalue weighted by molar-refractivity contribution is 0.288. The molecule has 1 rings (SSSR count). The first-order valence-electron chi connectivity index (χ1n) is 3.82. The van der Waals surface area contributed by atoms with E-state index in [0.717, 1.165) is 18.4 Å². The average molecular weight is 168 g/mol. The molecule has 1 aromatic rings. The number of hydrogen-bond acceptors (Lipinski definition) is 4. The topological polar surface area (TPSA) is 55.2 Å². The SMILES string of the molecule is COc1ncc(CCCO)cn1. The number of aliphatic hydroxyl groups is 1. The Morgan fingerprint density at radius 2 is 2.08 bits per heavy atom. The van der Waals surface area contributed by atoms with E-state index in [9.17, 15) is 0 Å². The Labute approximate surface area is 71.2 Å². The van der Waals surface area contributed by atoms with Crippen molar-refractivity contribution in [1.29, 1.82) is 0 Å². The zero-order chi connectivity index (χ0) is 8.81. The minimum Gasteiger partial charge on any atom is -0.467 e. The van der Waals surface area contributed by atoms with Gasteiger partial charge in [-0.1, -0.05) is 0 Å². The number of ether oxygens (including phenoxy) is 1. The molecule has 0 saturated heterocycles. The van der Waals surface area contributed by atoms with E-state index in [1.165, 1.54) is 7.11 Å². The molecular weight excluding hydrogens is 156 g/mol. The van der Waals surface area contributed by atoms with Crippen LogP contribution in [0.25, 0.3) is 0 Å². The molecule has 0 unspecified atom stereocenters. The van der Waals surface area contributed by atoms with Crippen LogP contribution in [0, 0.1) is 0 Å². The van der Waals surface area contributed by atoms with Gasteiger partial charge in [0.1, 0.15) is 0 Å². The van der Waals surface area contributed by atoms with Crippen molar-refractivity contribution in [1.82, 2.24) is 9.97 Å². The Bertz CT molecular complexity index is 223. The van der Waals surface area contributed by atoms with Crippen molar-refractivity contribution >= 4 is 0 Å². The minimum absolute atomic E-state index is 0.200. The molecule has 4 nitrogen and oxygen atoms in total. The quantitative estimate of drug-likeness (QED) is 0.707. The van der Waals surface area contributed by atoms with Crippen molar-refractivity contribution in [3.8, 4) is 6.01 Å². The van der Waals surface area contributed by atoms with E-state index in [-0.39, 0.29) is 6.61 Å². The second-order valence-electron chi connectivity index (χ2n) is 2.41. The van der Waals surface area contributed by atoms with Gasteiger partial charge in [-0.25, -0.2) is 9.97 Å². The summed E-state index contributed by atoms with van der Waals surface area (Å²) in [6.07, 6.45) is 4.97. The number of aromatic nitrogens is 2. The molecule has 1 aromatic heterocycles. The van der Waals surface area contributed by atoms with Gasteiger partial charge in [-0.3, -0.25) is 0 Å². The monoisotopic (exact) mass is 168 g/mol. The van der Waals surface area contributed by atoms with Crippen LogP contribution < -0.4 is 4.74 Å². The summed E-state index contributed by atoms with van der Waals surface area (Å²) in [6, 6.07) is 0.378.